The van der Waals surface area contributed by atoms with Crippen LogP contribution in [0.5, 0.6) is 0 Å². The smallest absolute Gasteiger partial charge is 0.309 e. The minimum absolute atomic E-state index is 0.0205. The normalized spacial score (nSPS) is 18.5. The molecule has 2 rings (SSSR count). The van der Waals surface area contributed by atoms with Crippen molar-refractivity contribution >= 4 is 5.97 Å². The van der Waals surface area contributed by atoms with Gasteiger partial charge in [-0.15, -0.1) is 5.10 Å². The highest BCUT2D eigenvalue weighted by Crippen LogP contribution is 2.33. The van der Waals surface area contributed by atoms with Crippen LogP contribution in [0.4, 0.5) is 0 Å². The molecule has 0 unspecified atom stereocenters. The topological polar surface area (TPSA) is 73.1 Å². The molecule has 0 bridgehead atoms. The number of likely N-dealkylation sites (tertiary alicyclic amines) is 1. The molecule has 1 aliphatic heterocycles. The Labute approximate surface area is 151 Å². The molecule has 0 aromatic carbocycles. The first-order chi connectivity index (χ1) is 11.8. The van der Waals surface area contributed by atoms with Crippen molar-refractivity contribution in [3.05, 3.63) is 5.82 Å². The number of ether oxygens (including phenoxy) is 1. The van der Waals surface area contributed by atoms with Crippen molar-refractivity contribution in [2.75, 3.05) is 19.7 Å². The largest absolute Gasteiger partial charge is 0.466 e. The summed E-state index contributed by atoms with van der Waals surface area (Å²) < 4.78 is 7.16. The van der Waals surface area contributed by atoms with E-state index in [4.69, 9.17) is 4.74 Å². The Kier molecular flexibility index (Phi) is 6.54. The predicted octanol–water partition coefficient (Wildman–Crippen LogP) is 2.79. The highest BCUT2D eigenvalue weighted by atomic mass is 16.5. The van der Waals surface area contributed by atoms with E-state index in [1.54, 1.807) is 0 Å². The first-order valence-electron chi connectivity index (χ1n) is 9.51. The second-order valence-corrected chi connectivity index (χ2v) is 7.87. The Morgan fingerprint density at radius 1 is 1.28 bits per heavy atom. The molecule has 0 aliphatic carbocycles. The Bertz CT molecular complexity index is 562. The molecule has 0 radical (unpaired) electrons. The van der Waals surface area contributed by atoms with Gasteiger partial charge in [0.05, 0.1) is 24.1 Å². The molecule has 1 aromatic rings. The minimum atomic E-state index is -0.116. The standard InChI is InChI=1S/C18H33N5O2/c1-7-18(5,6)23-16(19-20-21-23)15(13(3)4)22-11-9-14(10-12-22)17(24)25-8-2/h13-15H,7-12H2,1-6H3/t15-/m1/s1. The summed E-state index contributed by atoms with van der Waals surface area (Å²) in [5, 5.41) is 12.6. The van der Waals surface area contributed by atoms with E-state index in [1.165, 1.54) is 0 Å². The molecule has 7 heteroatoms. The SMILES string of the molecule is CCOC(=O)C1CCN([C@@H](c2nnnn2C(C)(C)CC)C(C)C)CC1. The summed E-state index contributed by atoms with van der Waals surface area (Å²) in [6.07, 6.45) is 2.63. The van der Waals surface area contributed by atoms with E-state index in [-0.39, 0.29) is 23.5 Å². The maximum absolute atomic E-state index is 12.0. The summed E-state index contributed by atoms with van der Waals surface area (Å²) in [5.41, 5.74) is -0.116. The Morgan fingerprint density at radius 2 is 1.92 bits per heavy atom. The molecular formula is C18H33N5O2. The van der Waals surface area contributed by atoms with Gasteiger partial charge in [-0.25, -0.2) is 4.68 Å². The van der Waals surface area contributed by atoms with E-state index < -0.39 is 0 Å². The van der Waals surface area contributed by atoms with Gasteiger partial charge in [-0.3, -0.25) is 9.69 Å². The monoisotopic (exact) mass is 351 g/mol. The van der Waals surface area contributed by atoms with Crippen molar-refractivity contribution in [2.45, 2.75) is 72.4 Å². The van der Waals surface area contributed by atoms with Gasteiger partial charge < -0.3 is 4.74 Å². The van der Waals surface area contributed by atoms with Gasteiger partial charge in [0, 0.05) is 0 Å². The van der Waals surface area contributed by atoms with Crippen LogP contribution in [0.2, 0.25) is 0 Å². The van der Waals surface area contributed by atoms with Crippen molar-refractivity contribution in [2.24, 2.45) is 11.8 Å². The van der Waals surface area contributed by atoms with Gasteiger partial charge in [0.15, 0.2) is 5.82 Å². The molecular weight excluding hydrogens is 318 g/mol. The number of carbonyl (C=O) groups excluding carboxylic acids is 1. The third-order valence-corrected chi connectivity index (χ3v) is 5.37. The number of nitrogens with zero attached hydrogens (tertiary/aromatic N) is 5. The molecule has 0 spiro atoms. The third kappa shape index (κ3) is 4.37. The third-order valence-electron chi connectivity index (χ3n) is 5.37. The average Bonchev–Trinajstić information content (AvgIpc) is 3.05. The van der Waals surface area contributed by atoms with Crippen LogP contribution in [0, 0.1) is 11.8 Å². The summed E-state index contributed by atoms with van der Waals surface area (Å²) in [4.78, 5) is 14.4. The quantitative estimate of drug-likeness (QED) is 0.703. The van der Waals surface area contributed by atoms with Crippen molar-refractivity contribution in [1.29, 1.82) is 0 Å². The van der Waals surface area contributed by atoms with E-state index in [9.17, 15) is 4.79 Å². The van der Waals surface area contributed by atoms with Crippen LogP contribution in [0.25, 0.3) is 0 Å². The lowest BCUT2D eigenvalue weighted by molar-refractivity contribution is -0.150. The van der Waals surface area contributed by atoms with E-state index >= 15 is 0 Å². The second kappa shape index (κ2) is 8.25. The summed E-state index contributed by atoms with van der Waals surface area (Å²) >= 11 is 0. The number of esters is 1. The summed E-state index contributed by atoms with van der Waals surface area (Å²) in [5.74, 6) is 1.28. The van der Waals surface area contributed by atoms with Gasteiger partial charge in [-0.2, -0.15) is 0 Å². The van der Waals surface area contributed by atoms with Gasteiger partial charge in [-0.1, -0.05) is 20.8 Å². The van der Waals surface area contributed by atoms with E-state index in [0.717, 1.165) is 38.2 Å². The summed E-state index contributed by atoms with van der Waals surface area (Å²) in [7, 11) is 0. The zero-order chi connectivity index (χ0) is 18.6. The Morgan fingerprint density at radius 3 is 2.44 bits per heavy atom. The van der Waals surface area contributed by atoms with E-state index in [1.807, 2.05) is 11.6 Å². The zero-order valence-electron chi connectivity index (χ0n) is 16.5. The van der Waals surface area contributed by atoms with Crippen LogP contribution in [-0.4, -0.2) is 50.8 Å². The number of tetrazole rings is 1. The minimum Gasteiger partial charge on any atom is -0.466 e. The lowest BCUT2D eigenvalue weighted by Gasteiger charge is -2.39. The van der Waals surface area contributed by atoms with Crippen molar-refractivity contribution in [1.82, 2.24) is 25.1 Å². The fourth-order valence-corrected chi connectivity index (χ4v) is 3.52. The van der Waals surface area contributed by atoms with Gasteiger partial charge in [0.2, 0.25) is 0 Å². The van der Waals surface area contributed by atoms with Crippen LogP contribution in [0.15, 0.2) is 0 Å². The number of hydrogen-bond acceptors (Lipinski definition) is 6. The molecule has 1 aliphatic rings. The molecule has 1 saturated heterocycles. The molecule has 25 heavy (non-hydrogen) atoms. The van der Waals surface area contributed by atoms with Gasteiger partial charge >= 0.3 is 5.97 Å². The van der Waals surface area contributed by atoms with Crippen LogP contribution < -0.4 is 0 Å². The highest BCUT2D eigenvalue weighted by molar-refractivity contribution is 5.72. The summed E-state index contributed by atoms with van der Waals surface area (Å²) in [6.45, 7) is 14.9. The van der Waals surface area contributed by atoms with Crippen LogP contribution in [0.1, 0.15) is 72.7 Å². The molecule has 1 fully saturated rings. The molecule has 7 nitrogen and oxygen atoms in total. The van der Waals surface area contributed by atoms with Crippen LogP contribution >= 0.6 is 0 Å². The van der Waals surface area contributed by atoms with Crippen molar-refractivity contribution in [3.63, 3.8) is 0 Å². The van der Waals surface area contributed by atoms with Gasteiger partial charge in [0.25, 0.3) is 0 Å². The summed E-state index contributed by atoms with van der Waals surface area (Å²) in [6, 6.07) is 0.156. The van der Waals surface area contributed by atoms with Crippen LogP contribution in [-0.2, 0) is 15.1 Å². The highest BCUT2D eigenvalue weighted by Gasteiger charge is 2.36. The van der Waals surface area contributed by atoms with Gasteiger partial charge in [-0.05, 0) is 69.5 Å². The van der Waals surface area contributed by atoms with Gasteiger partial charge in [0.1, 0.15) is 0 Å². The molecule has 1 aromatic heterocycles. The number of rotatable bonds is 7. The number of carbonyl (C=O) groups is 1. The Balaban J connectivity index is 2.16. The number of aromatic nitrogens is 4. The zero-order valence-corrected chi connectivity index (χ0v) is 16.5. The number of hydrogen-bond donors (Lipinski definition) is 0. The molecule has 0 saturated carbocycles. The van der Waals surface area contributed by atoms with Crippen molar-refractivity contribution in [3.8, 4) is 0 Å². The fourth-order valence-electron chi connectivity index (χ4n) is 3.52. The Hall–Kier alpha value is -1.50. The second-order valence-electron chi connectivity index (χ2n) is 7.87. The average molecular weight is 351 g/mol. The van der Waals surface area contributed by atoms with Crippen molar-refractivity contribution < 1.29 is 9.53 Å². The molecule has 0 N–H and O–H groups in total. The predicted molar refractivity (Wildman–Crippen MR) is 95.9 cm³/mol. The lowest BCUT2D eigenvalue weighted by atomic mass is 9.92. The first-order valence-corrected chi connectivity index (χ1v) is 9.51. The number of piperidine rings is 1. The van der Waals surface area contributed by atoms with Crippen LogP contribution in [0.3, 0.4) is 0 Å². The molecule has 142 valence electrons. The first kappa shape index (κ1) is 19.8. The lowest BCUT2D eigenvalue weighted by Crippen LogP contribution is -2.43. The van der Waals surface area contributed by atoms with E-state index in [2.05, 4.69) is 55.0 Å². The molecule has 1 atom stereocenters. The molecule has 2 heterocycles. The fraction of sp³-hybridized carbons (Fsp3) is 0.889. The maximum atomic E-state index is 12.0. The van der Waals surface area contributed by atoms with E-state index in [0.29, 0.717) is 12.5 Å². The maximum Gasteiger partial charge on any atom is 0.309 e. The molecule has 0 amide bonds.